The molecule has 2 fully saturated rings. The lowest BCUT2D eigenvalue weighted by Gasteiger charge is -2.37. The first-order valence-corrected chi connectivity index (χ1v) is 12.2. The molecule has 2 heterocycles. The van der Waals surface area contributed by atoms with E-state index in [9.17, 15) is 9.18 Å². The van der Waals surface area contributed by atoms with Crippen molar-refractivity contribution >= 4 is 5.91 Å². The van der Waals surface area contributed by atoms with Crippen LogP contribution in [-0.2, 0) is 11.3 Å². The second-order valence-electron chi connectivity index (χ2n) is 9.60. The zero-order valence-corrected chi connectivity index (χ0v) is 19.6. The van der Waals surface area contributed by atoms with E-state index >= 15 is 0 Å². The molecule has 4 rings (SSSR count). The standard InChI is InChI=1S/C27H36FN3O2/c1-30-14-6-10-25(30)12-13-29-27(32)23-15-22(20-33-26-11-5-9-24(28)16-26)18-31(19-23)17-21-7-3-2-4-8-21/h2-5,7-9,11,16,22-23,25H,6,10,12-15,17-20H2,1H3,(H,29,32)/t22-,23+,25+/m0/s1. The lowest BCUT2D eigenvalue weighted by molar-refractivity contribution is -0.127. The van der Waals surface area contributed by atoms with Gasteiger partial charge in [-0.25, -0.2) is 4.39 Å². The molecule has 0 spiro atoms. The first-order chi connectivity index (χ1) is 16.1. The number of rotatable bonds is 9. The van der Waals surface area contributed by atoms with Crippen molar-refractivity contribution in [2.45, 2.75) is 38.3 Å². The molecule has 5 nitrogen and oxygen atoms in total. The molecule has 178 valence electrons. The van der Waals surface area contributed by atoms with E-state index in [2.05, 4.69) is 34.3 Å². The van der Waals surface area contributed by atoms with Crippen LogP contribution in [-0.4, -0.2) is 61.6 Å². The van der Waals surface area contributed by atoms with Gasteiger partial charge >= 0.3 is 0 Å². The molecule has 0 bridgehead atoms. The van der Waals surface area contributed by atoms with E-state index in [-0.39, 0.29) is 23.6 Å². The molecule has 6 heteroatoms. The summed E-state index contributed by atoms with van der Waals surface area (Å²) in [6.07, 6.45) is 4.27. The average Bonchev–Trinajstić information content (AvgIpc) is 3.23. The summed E-state index contributed by atoms with van der Waals surface area (Å²) in [6, 6.07) is 17.2. The molecule has 0 unspecified atom stereocenters. The topological polar surface area (TPSA) is 44.8 Å². The van der Waals surface area contributed by atoms with Gasteiger partial charge in [0.2, 0.25) is 5.91 Å². The van der Waals surface area contributed by atoms with Crippen LogP contribution in [0, 0.1) is 17.7 Å². The molecule has 0 aromatic heterocycles. The van der Waals surface area contributed by atoms with Crippen LogP contribution in [0.25, 0.3) is 0 Å². The fraction of sp³-hybridized carbons (Fsp3) is 0.519. The number of hydrogen-bond acceptors (Lipinski definition) is 4. The van der Waals surface area contributed by atoms with Crippen LogP contribution in [0.2, 0.25) is 0 Å². The van der Waals surface area contributed by atoms with Crippen LogP contribution >= 0.6 is 0 Å². The highest BCUT2D eigenvalue weighted by molar-refractivity contribution is 5.79. The smallest absolute Gasteiger partial charge is 0.224 e. The van der Waals surface area contributed by atoms with Gasteiger partial charge in [0.25, 0.3) is 0 Å². The van der Waals surface area contributed by atoms with Gasteiger partial charge in [0.05, 0.1) is 12.5 Å². The highest BCUT2D eigenvalue weighted by Gasteiger charge is 2.32. The van der Waals surface area contributed by atoms with Gasteiger partial charge in [0.15, 0.2) is 0 Å². The van der Waals surface area contributed by atoms with E-state index in [0.717, 1.165) is 45.6 Å². The van der Waals surface area contributed by atoms with E-state index in [1.54, 1.807) is 12.1 Å². The molecular formula is C27H36FN3O2. The summed E-state index contributed by atoms with van der Waals surface area (Å²) in [6.45, 7) is 4.79. The van der Waals surface area contributed by atoms with E-state index in [0.29, 0.717) is 18.4 Å². The number of hydrogen-bond donors (Lipinski definition) is 1. The molecule has 2 aliphatic heterocycles. The zero-order chi connectivity index (χ0) is 23.0. The first-order valence-electron chi connectivity index (χ1n) is 12.2. The first kappa shape index (κ1) is 23.7. The average molecular weight is 454 g/mol. The minimum Gasteiger partial charge on any atom is -0.493 e. The van der Waals surface area contributed by atoms with Gasteiger partial charge in [-0.05, 0) is 57.0 Å². The van der Waals surface area contributed by atoms with Crippen molar-refractivity contribution in [2.24, 2.45) is 11.8 Å². The van der Waals surface area contributed by atoms with Gasteiger partial charge in [-0.3, -0.25) is 9.69 Å². The Kier molecular flexibility index (Phi) is 8.35. The van der Waals surface area contributed by atoms with Crippen molar-refractivity contribution in [3.8, 4) is 5.75 Å². The van der Waals surface area contributed by atoms with E-state index in [4.69, 9.17) is 4.74 Å². The number of piperidine rings is 1. The lowest BCUT2D eigenvalue weighted by atomic mass is 9.88. The predicted molar refractivity (Wildman–Crippen MR) is 128 cm³/mol. The number of carbonyl (C=O) groups excluding carboxylic acids is 1. The molecule has 0 aliphatic carbocycles. The summed E-state index contributed by atoms with van der Waals surface area (Å²) >= 11 is 0. The van der Waals surface area contributed by atoms with Crippen molar-refractivity contribution in [2.75, 3.05) is 39.8 Å². The fourth-order valence-electron chi connectivity index (χ4n) is 5.21. The van der Waals surface area contributed by atoms with Crippen molar-refractivity contribution < 1.29 is 13.9 Å². The van der Waals surface area contributed by atoms with Crippen molar-refractivity contribution in [1.82, 2.24) is 15.1 Å². The zero-order valence-electron chi connectivity index (χ0n) is 19.6. The van der Waals surface area contributed by atoms with Gasteiger partial charge in [0, 0.05) is 44.2 Å². The molecule has 1 N–H and O–H groups in total. The van der Waals surface area contributed by atoms with E-state index < -0.39 is 0 Å². The number of benzene rings is 2. The van der Waals surface area contributed by atoms with Gasteiger partial charge < -0.3 is 15.0 Å². The van der Waals surface area contributed by atoms with Crippen LogP contribution in [0.1, 0.15) is 31.2 Å². The summed E-state index contributed by atoms with van der Waals surface area (Å²) in [7, 11) is 2.17. The molecule has 1 amide bonds. The second-order valence-corrected chi connectivity index (χ2v) is 9.60. The molecule has 3 atom stereocenters. The molecule has 2 saturated heterocycles. The Morgan fingerprint density at radius 3 is 2.76 bits per heavy atom. The Morgan fingerprint density at radius 1 is 1.15 bits per heavy atom. The third kappa shape index (κ3) is 7.02. The molecule has 2 aliphatic rings. The summed E-state index contributed by atoms with van der Waals surface area (Å²) in [5.41, 5.74) is 1.24. The van der Waals surface area contributed by atoms with E-state index in [1.165, 1.54) is 30.5 Å². The van der Waals surface area contributed by atoms with Crippen molar-refractivity contribution in [3.63, 3.8) is 0 Å². The molecule has 33 heavy (non-hydrogen) atoms. The third-order valence-electron chi connectivity index (χ3n) is 6.96. The Labute approximate surface area is 196 Å². The van der Waals surface area contributed by atoms with Gasteiger partial charge in [-0.15, -0.1) is 0 Å². The number of carbonyl (C=O) groups is 1. The maximum atomic E-state index is 13.5. The fourth-order valence-corrected chi connectivity index (χ4v) is 5.21. The summed E-state index contributed by atoms with van der Waals surface area (Å²) in [5, 5.41) is 3.20. The highest BCUT2D eigenvalue weighted by atomic mass is 19.1. The monoisotopic (exact) mass is 453 g/mol. The summed E-state index contributed by atoms with van der Waals surface area (Å²) < 4.78 is 19.4. The predicted octanol–water partition coefficient (Wildman–Crippen LogP) is 3.94. The molecule has 2 aromatic carbocycles. The number of likely N-dealkylation sites (tertiary alicyclic amines) is 2. The van der Waals surface area contributed by atoms with Crippen LogP contribution in [0.3, 0.4) is 0 Å². The third-order valence-corrected chi connectivity index (χ3v) is 6.96. The minimum absolute atomic E-state index is 0.0649. The minimum atomic E-state index is -0.299. The molecule has 2 aromatic rings. The number of nitrogens with zero attached hydrogens (tertiary/aromatic N) is 2. The number of nitrogens with one attached hydrogen (secondary N) is 1. The van der Waals surface area contributed by atoms with Gasteiger partial charge in [-0.1, -0.05) is 36.4 Å². The van der Waals surface area contributed by atoms with Gasteiger partial charge in [-0.2, -0.15) is 0 Å². The Bertz CT molecular complexity index is 894. The largest absolute Gasteiger partial charge is 0.493 e. The van der Waals surface area contributed by atoms with Crippen LogP contribution in [0.5, 0.6) is 5.75 Å². The van der Waals surface area contributed by atoms with Gasteiger partial charge in [0.1, 0.15) is 11.6 Å². The number of amides is 1. The SMILES string of the molecule is CN1CCC[C@@H]1CCNC(=O)[C@@H]1C[C@H](COc2cccc(F)c2)CN(Cc2ccccc2)C1. The quantitative estimate of drug-likeness (QED) is 0.625. The Hall–Kier alpha value is -2.44. The van der Waals surface area contributed by atoms with Crippen LogP contribution in [0.15, 0.2) is 54.6 Å². The second kappa shape index (κ2) is 11.6. The van der Waals surface area contributed by atoms with Crippen molar-refractivity contribution in [3.05, 3.63) is 66.0 Å². The highest BCUT2D eigenvalue weighted by Crippen LogP contribution is 2.25. The Morgan fingerprint density at radius 2 is 2.00 bits per heavy atom. The number of halogens is 1. The van der Waals surface area contributed by atoms with Crippen LogP contribution < -0.4 is 10.1 Å². The van der Waals surface area contributed by atoms with E-state index in [1.807, 2.05) is 18.2 Å². The Balaban J connectivity index is 1.34. The molecule has 0 radical (unpaired) electrons. The lowest BCUT2D eigenvalue weighted by Crippen LogP contribution is -2.47. The number of ether oxygens (including phenoxy) is 1. The normalized spacial score (nSPS) is 24.0. The van der Waals surface area contributed by atoms with Crippen LogP contribution in [0.4, 0.5) is 4.39 Å². The summed E-state index contributed by atoms with van der Waals surface area (Å²) in [4.78, 5) is 17.8. The molecular weight excluding hydrogens is 417 g/mol. The maximum Gasteiger partial charge on any atom is 0.224 e. The van der Waals surface area contributed by atoms with Crippen molar-refractivity contribution in [1.29, 1.82) is 0 Å². The summed E-state index contributed by atoms with van der Waals surface area (Å²) in [5.74, 6) is 0.528. The maximum absolute atomic E-state index is 13.5. The molecule has 0 saturated carbocycles.